The molecule has 22 heavy (non-hydrogen) atoms. The van der Waals surface area contributed by atoms with Crippen molar-refractivity contribution in [1.29, 1.82) is 0 Å². The van der Waals surface area contributed by atoms with Crippen molar-refractivity contribution in [3.63, 3.8) is 0 Å². The second-order valence-electron chi connectivity index (χ2n) is 5.38. The highest BCUT2D eigenvalue weighted by molar-refractivity contribution is 5.25. The van der Waals surface area contributed by atoms with Crippen LogP contribution in [0.3, 0.4) is 0 Å². The van der Waals surface area contributed by atoms with Gasteiger partial charge >= 0.3 is 0 Å². The van der Waals surface area contributed by atoms with Crippen molar-refractivity contribution >= 4 is 0 Å². The van der Waals surface area contributed by atoms with Gasteiger partial charge in [0, 0.05) is 33.4 Å². The molecule has 0 saturated heterocycles. The lowest BCUT2D eigenvalue weighted by molar-refractivity contribution is 0.0244. The third-order valence-corrected chi connectivity index (χ3v) is 3.44. The Hall–Kier alpha value is -1.38. The van der Waals surface area contributed by atoms with Crippen LogP contribution in [0.25, 0.3) is 0 Å². The number of hydrogen-bond acceptors (Lipinski definition) is 4. The predicted octanol–water partition coefficient (Wildman–Crippen LogP) is 1.84. The molecule has 0 aliphatic heterocycles. The van der Waals surface area contributed by atoms with Crippen LogP contribution in [0, 0.1) is 19.3 Å². The zero-order valence-electron chi connectivity index (χ0n) is 13.6. The summed E-state index contributed by atoms with van der Waals surface area (Å²) in [6.45, 7) is 5.56. The summed E-state index contributed by atoms with van der Waals surface area (Å²) in [7, 11) is 1.70. The van der Waals surface area contributed by atoms with E-state index in [9.17, 15) is 5.11 Å². The zero-order valence-corrected chi connectivity index (χ0v) is 13.6. The van der Waals surface area contributed by atoms with Crippen molar-refractivity contribution in [3.05, 3.63) is 35.4 Å². The van der Waals surface area contributed by atoms with Gasteiger partial charge in [0.05, 0.1) is 12.7 Å². The molecule has 0 saturated carbocycles. The summed E-state index contributed by atoms with van der Waals surface area (Å²) < 4.78 is 10.3. The number of methoxy groups -OCH3 is 1. The average Bonchev–Trinajstić information content (AvgIpc) is 2.50. The second kappa shape index (κ2) is 11.2. The Kier molecular flexibility index (Phi) is 9.52. The Bertz CT molecular complexity index is 456. The summed E-state index contributed by atoms with van der Waals surface area (Å²) in [6.07, 6.45) is 5.52. The number of hydrogen-bond donors (Lipinski definition) is 1. The minimum absolute atomic E-state index is 0.235. The second-order valence-corrected chi connectivity index (χ2v) is 5.38. The van der Waals surface area contributed by atoms with Crippen LogP contribution in [0.5, 0.6) is 0 Å². The first kappa shape index (κ1) is 18.7. The van der Waals surface area contributed by atoms with Gasteiger partial charge in [0.2, 0.25) is 0 Å². The zero-order chi connectivity index (χ0) is 16.2. The van der Waals surface area contributed by atoms with Crippen molar-refractivity contribution in [2.75, 3.05) is 40.0 Å². The van der Waals surface area contributed by atoms with Gasteiger partial charge in [-0.1, -0.05) is 30.2 Å². The summed E-state index contributed by atoms with van der Waals surface area (Å²) in [4.78, 5) is 2.23. The Morgan fingerprint density at radius 3 is 2.82 bits per heavy atom. The fourth-order valence-corrected chi connectivity index (χ4v) is 2.30. The van der Waals surface area contributed by atoms with Gasteiger partial charge in [0.25, 0.3) is 0 Å². The van der Waals surface area contributed by atoms with Gasteiger partial charge in [-0.15, -0.1) is 6.42 Å². The lowest BCUT2D eigenvalue weighted by atomic mass is 10.1. The standard InChI is InChI=1S/C18H27NO3/c1-4-11-22-15-18(20)14-19(10-7-12-21-3)13-17-9-6-5-8-16(17)2/h1,5-6,8-9,18,20H,7,10-15H2,2-3H3/t18-/m0/s1. The molecule has 0 aromatic heterocycles. The first-order valence-corrected chi connectivity index (χ1v) is 7.62. The van der Waals surface area contributed by atoms with E-state index in [1.807, 2.05) is 12.1 Å². The number of terminal acetylenes is 1. The van der Waals surface area contributed by atoms with Crippen LogP contribution < -0.4 is 0 Å². The van der Waals surface area contributed by atoms with E-state index in [2.05, 4.69) is 29.9 Å². The van der Waals surface area contributed by atoms with Gasteiger partial charge < -0.3 is 14.6 Å². The Labute approximate surface area is 134 Å². The van der Waals surface area contributed by atoms with E-state index in [1.165, 1.54) is 11.1 Å². The molecule has 122 valence electrons. The highest BCUT2D eigenvalue weighted by Gasteiger charge is 2.13. The molecular formula is C18H27NO3. The van der Waals surface area contributed by atoms with Crippen LogP contribution in [-0.4, -0.2) is 56.1 Å². The third-order valence-electron chi connectivity index (χ3n) is 3.44. The number of aliphatic hydroxyl groups excluding tert-OH is 1. The van der Waals surface area contributed by atoms with Crippen LogP contribution in [0.4, 0.5) is 0 Å². The van der Waals surface area contributed by atoms with Gasteiger partial charge in [-0.3, -0.25) is 4.90 Å². The maximum absolute atomic E-state index is 10.1. The molecule has 0 aliphatic rings. The number of ether oxygens (including phenoxy) is 2. The molecule has 0 aliphatic carbocycles. The van der Waals surface area contributed by atoms with Crippen molar-refractivity contribution in [3.8, 4) is 12.3 Å². The summed E-state index contributed by atoms with van der Waals surface area (Å²) in [5, 5.41) is 10.1. The fraction of sp³-hybridized carbons (Fsp3) is 0.556. The molecule has 0 radical (unpaired) electrons. The molecule has 4 heteroatoms. The average molecular weight is 305 g/mol. The minimum atomic E-state index is -0.542. The quantitative estimate of drug-likeness (QED) is 0.500. The summed E-state index contributed by atoms with van der Waals surface area (Å²) in [5.41, 5.74) is 2.54. The smallest absolute Gasteiger partial charge is 0.107 e. The molecule has 0 heterocycles. The van der Waals surface area contributed by atoms with Crippen molar-refractivity contribution in [1.82, 2.24) is 4.90 Å². The molecular weight excluding hydrogens is 278 g/mol. The van der Waals surface area contributed by atoms with Crippen molar-refractivity contribution in [2.24, 2.45) is 0 Å². The monoisotopic (exact) mass is 305 g/mol. The van der Waals surface area contributed by atoms with E-state index in [-0.39, 0.29) is 13.2 Å². The topological polar surface area (TPSA) is 41.9 Å². The number of benzene rings is 1. The first-order valence-electron chi connectivity index (χ1n) is 7.62. The molecule has 1 rings (SSSR count). The van der Waals surface area contributed by atoms with Gasteiger partial charge in [0.1, 0.15) is 6.61 Å². The number of rotatable bonds is 11. The summed E-state index contributed by atoms with van der Waals surface area (Å²) in [6, 6.07) is 8.31. The largest absolute Gasteiger partial charge is 0.389 e. The fourth-order valence-electron chi connectivity index (χ4n) is 2.30. The molecule has 4 nitrogen and oxygen atoms in total. The maximum atomic E-state index is 10.1. The molecule has 1 aromatic rings. The normalized spacial score (nSPS) is 12.3. The summed E-state index contributed by atoms with van der Waals surface area (Å²) in [5.74, 6) is 2.40. The van der Waals surface area contributed by atoms with Gasteiger partial charge in [-0.25, -0.2) is 0 Å². The number of aliphatic hydroxyl groups is 1. The highest BCUT2D eigenvalue weighted by Crippen LogP contribution is 2.11. The van der Waals surface area contributed by atoms with Gasteiger partial charge in [0.15, 0.2) is 0 Å². The molecule has 0 bridgehead atoms. The Balaban J connectivity index is 2.55. The number of aryl methyl sites for hydroxylation is 1. The molecule has 0 unspecified atom stereocenters. The van der Waals surface area contributed by atoms with E-state index in [4.69, 9.17) is 15.9 Å². The lowest BCUT2D eigenvalue weighted by Gasteiger charge is -2.25. The van der Waals surface area contributed by atoms with E-state index in [0.29, 0.717) is 13.2 Å². The molecule has 0 fully saturated rings. The molecule has 0 amide bonds. The van der Waals surface area contributed by atoms with Crippen LogP contribution in [-0.2, 0) is 16.0 Å². The number of nitrogens with zero attached hydrogens (tertiary/aromatic N) is 1. The van der Waals surface area contributed by atoms with E-state index < -0.39 is 6.10 Å². The van der Waals surface area contributed by atoms with Crippen molar-refractivity contribution in [2.45, 2.75) is 26.0 Å². The SMILES string of the molecule is C#CCOC[C@@H](O)CN(CCCOC)Cc1ccccc1C. The minimum Gasteiger partial charge on any atom is -0.389 e. The van der Waals surface area contributed by atoms with Gasteiger partial charge in [-0.2, -0.15) is 0 Å². The Morgan fingerprint density at radius 2 is 2.14 bits per heavy atom. The van der Waals surface area contributed by atoms with Gasteiger partial charge in [-0.05, 0) is 24.5 Å². The molecule has 1 atom stereocenters. The van der Waals surface area contributed by atoms with Crippen LogP contribution >= 0.6 is 0 Å². The van der Waals surface area contributed by atoms with Crippen molar-refractivity contribution < 1.29 is 14.6 Å². The van der Waals surface area contributed by atoms with Crippen LogP contribution in [0.1, 0.15) is 17.5 Å². The molecule has 1 N–H and O–H groups in total. The maximum Gasteiger partial charge on any atom is 0.107 e. The Morgan fingerprint density at radius 1 is 1.36 bits per heavy atom. The predicted molar refractivity (Wildman–Crippen MR) is 88.6 cm³/mol. The first-order chi connectivity index (χ1) is 10.7. The molecule has 0 spiro atoms. The lowest BCUT2D eigenvalue weighted by Crippen LogP contribution is -2.35. The van der Waals surface area contributed by atoms with E-state index in [1.54, 1.807) is 7.11 Å². The molecule has 1 aromatic carbocycles. The van der Waals surface area contributed by atoms with Crippen LogP contribution in [0.15, 0.2) is 24.3 Å². The third kappa shape index (κ3) is 7.58. The van der Waals surface area contributed by atoms with Crippen LogP contribution in [0.2, 0.25) is 0 Å². The van der Waals surface area contributed by atoms with E-state index in [0.717, 1.165) is 19.5 Å². The highest BCUT2D eigenvalue weighted by atomic mass is 16.5. The summed E-state index contributed by atoms with van der Waals surface area (Å²) >= 11 is 0. The van der Waals surface area contributed by atoms with E-state index >= 15 is 0 Å².